The van der Waals surface area contributed by atoms with Crippen LogP contribution in [0.2, 0.25) is 0 Å². The molecule has 1 aliphatic heterocycles. The Morgan fingerprint density at radius 2 is 1.90 bits per heavy atom. The number of rotatable bonds is 7. The third kappa shape index (κ3) is 3.74. The van der Waals surface area contributed by atoms with Gasteiger partial charge < -0.3 is 10.6 Å². The third-order valence-electron chi connectivity index (χ3n) is 5.42. The van der Waals surface area contributed by atoms with Crippen molar-refractivity contribution in [2.45, 2.75) is 45.6 Å². The number of nitrogens with zero attached hydrogens (tertiary/aromatic N) is 3. The van der Waals surface area contributed by atoms with Crippen LogP contribution in [0.4, 0.5) is 10.5 Å². The van der Waals surface area contributed by atoms with E-state index in [1.54, 1.807) is 18.7 Å². The van der Waals surface area contributed by atoms with Gasteiger partial charge in [0.15, 0.2) is 0 Å². The summed E-state index contributed by atoms with van der Waals surface area (Å²) in [7, 11) is 1.79. The number of carbonyl (C=O) groups excluding carboxylic acids is 3. The van der Waals surface area contributed by atoms with E-state index in [1.807, 2.05) is 44.2 Å². The number of aromatic nitrogens is 2. The van der Waals surface area contributed by atoms with E-state index in [4.69, 9.17) is 0 Å². The molecule has 1 atom stereocenters. The molecule has 0 spiro atoms. The molecule has 2 heterocycles. The molecule has 0 radical (unpaired) electrons. The van der Waals surface area contributed by atoms with Crippen LogP contribution in [0.1, 0.15) is 43.1 Å². The van der Waals surface area contributed by atoms with Crippen LogP contribution in [0.5, 0.6) is 0 Å². The van der Waals surface area contributed by atoms with Gasteiger partial charge in [0.2, 0.25) is 5.91 Å². The van der Waals surface area contributed by atoms with Gasteiger partial charge >= 0.3 is 6.03 Å². The highest BCUT2D eigenvalue weighted by Crippen LogP contribution is 2.34. The van der Waals surface area contributed by atoms with Crippen molar-refractivity contribution in [3.05, 3.63) is 47.3 Å². The first kappa shape index (κ1) is 20.6. The summed E-state index contributed by atoms with van der Waals surface area (Å²) in [4.78, 5) is 39.6. The summed E-state index contributed by atoms with van der Waals surface area (Å²) in [6.07, 6.45) is 2.14. The van der Waals surface area contributed by atoms with Crippen LogP contribution in [0.25, 0.3) is 0 Å². The molecule has 8 heteroatoms. The van der Waals surface area contributed by atoms with Crippen LogP contribution in [0, 0.1) is 13.8 Å². The van der Waals surface area contributed by atoms with Crippen LogP contribution in [-0.2, 0) is 22.2 Å². The standard InChI is InChI=1S/C21H27N5O3/c1-5-6-12-21(16-10-8-7-9-11-16)19(28)26(20(29)23-21)13-17(27)22-18-14(2)24-25(4)15(18)3/h7-11H,5-6,12-13H2,1-4H3,(H,22,27)(H,23,29). The zero-order valence-corrected chi connectivity index (χ0v) is 17.3. The van der Waals surface area contributed by atoms with Crippen molar-refractivity contribution in [1.29, 1.82) is 0 Å². The topological polar surface area (TPSA) is 96.3 Å². The van der Waals surface area contributed by atoms with Gasteiger partial charge in [-0.15, -0.1) is 0 Å². The lowest BCUT2D eigenvalue weighted by molar-refractivity contribution is -0.134. The molecule has 0 saturated carbocycles. The molecule has 1 saturated heterocycles. The number of anilines is 1. The van der Waals surface area contributed by atoms with E-state index in [2.05, 4.69) is 15.7 Å². The van der Waals surface area contributed by atoms with Gasteiger partial charge in [0.05, 0.1) is 17.1 Å². The van der Waals surface area contributed by atoms with Crippen LogP contribution >= 0.6 is 0 Å². The molecule has 2 N–H and O–H groups in total. The monoisotopic (exact) mass is 397 g/mol. The fourth-order valence-corrected chi connectivity index (χ4v) is 3.72. The van der Waals surface area contributed by atoms with E-state index < -0.39 is 23.4 Å². The van der Waals surface area contributed by atoms with Gasteiger partial charge in [-0.3, -0.25) is 19.2 Å². The molecule has 0 bridgehead atoms. The Hall–Kier alpha value is -3.16. The molecule has 1 aliphatic rings. The summed E-state index contributed by atoms with van der Waals surface area (Å²) in [5.41, 5.74) is 1.68. The number of nitrogens with one attached hydrogen (secondary N) is 2. The summed E-state index contributed by atoms with van der Waals surface area (Å²) in [6.45, 7) is 5.32. The fraction of sp³-hybridized carbons (Fsp3) is 0.429. The molecule has 8 nitrogen and oxygen atoms in total. The normalized spacial score (nSPS) is 18.8. The van der Waals surface area contributed by atoms with E-state index in [9.17, 15) is 14.4 Å². The molecule has 154 valence electrons. The molecule has 1 aromatic heterocycles. The predicted molar refractivity (Wildman–Crippen MR) is 109 cm³/mol. The lowest BCUT2D eigenvalue weighted by Crippen LogP contribution is -2.44. The SMILES string of the molecule is CCCCC1(c2ccccc2)NC(=O)N(CC(=O)Nc2c(C)nn(C)c2C)C1=O. The largest absolute Gasteiger partial charge is 0.325 e. The van der Waals surface area contributed by atoms with Crippen molar-refractivity contribution >= 4 is 23.5 Å². The smallest absolute Gasteiger partial charge is 0.321 e. The summed E-state index contributed by atoms with van der Waals surface area (Å²) >= 11 is 0. The molecule has 2 aromatic rings. The van der Waals surface area contributed by atoms with E-state index in [-0.39, 0.29) is 6.54 Å². The quantitative estimate of drug-likeness (QED) is 0.702. The number of unbranched alkanes of at least 4 members (excludes halogenated alkanes) is 1. The maximum Gasteiger partial charge on any atom is 0.325 e. The van der Waals surface area contributed by atoms with Crippen LogP contribution in [-0.4, -0.2) is 39.1 Å². The van der Waals surface area contributed by atoms with Gasteiger partial charge in [-0.05, 0) is 25.8 Å². The Morgan fingerprint density at radius 3 is 2.48 bits per heavy atom. The molecule has 0 aliphatic carbocycles. The van der Waals surface area contributed by atoms with Crippen molar-refractivity contribution in [3.8, 4) is 0 Å². The average Bonchev–Trinajstić information content (AvgIpc) is 3.09. The van der Waals surface area contributed by atoms with Crippen LogP contribution < -0.4 is 10.6 Å². The van der Waals surface area contributed by atoms with Crippen molar-refractivity contribution in [1.82, 2.24) is 20.0 Å². The second-order valence-corrected chi connectivity index (χ2v) is 7.41. The molecule has 29 heavy (non-hydrogen) atoms. The van der Waals surface area contributed by atoms with Crippen LogP contribution in [0.15, 0.2) is 30.3 Å². The first-order valence-electron chi connectivity index (χ1n) is 9.80. The van der Waals surface area contributed by atoms with Crippen molar-refractivity contribution in [2.24, 2.45) is 7.05 Å². The fourth-order valence-electron chi connectivity index (χ4n) is 3.72. The first-order valence-corrected chi connectivity index (χ1v) is 9.80. The number of urea groups is 1. The van der Waals surface area contributed by atoms with Crippen molar-refractivity contribution < 1.29 is 14.4 Å². The molecule has 1 aromatic carbocycles. The molecule has 1 unspecified atom stereocenters. The Balaban J connectivity index is 1.82. The predicted octanol–water partition coefficient (Wildman–Crippen LogP) is 2.61. The Labute approximate surface area is 170 Å². The summed E-state index contributed by atoms with van der Waals surface area (Å²) in [5.74, 6) is -0.830. The zero-order chi connectivity index (χ0) is 21.2. The van der Waals surface area contributed by atoms with E-state index >= 15 is 0 Å². The molecular formula is C21H27N5O3. The number of benzene rings is 1. The van der Waals surface area contributed by atoms with Crippen molar-refractivity contribution in [2.75, 3.05) is 11.9 Å². The van der Waals surface area contributed by atoms with Gasteiger partial charge in [-0.1, -0.05) is 50.1 Å². The second-order valence-electron chi connectivity index (χ2n) is 7.41. The summed E-state index contributed by atoms with van der Waals surface area (Å²) in [5, 5.41) is 9.90. The Bertz CT molecular complexity index is 937. The minimum Gasteiger partial charge on any atom is -0.321 e. The average molecular weight is 397 g/mol. The number of imide groups is 1. The number of carbonyl (C=O) groups is 3. The van der Waals surface area contributed by atoms with Gasteiger partial charge in [0.1, 0.15) is 12.1 Å². The Morgan fingerprint density at radius 1 is 1.21 bits per heavy atom. The third-order valence-corrected chi connectivity index (χ3v) is 5.42. The first-order chi connectivity index (χ1) is 13.8. The van der Waals surface area contributed by atoms with Gasteiger partial charge in [0.25, 0.3) is 5.91 Å². The van der Waals surface area contributed by atoms with Gasteiger partial charge in [0, 0.05) is 7.05 Å². The van der Waals surface area contributed by atoms with E-state index in [1.165, 1.54) is 0 Å². The highest BCUT2D eigenvalue weighted by Gasteiger charge is 2.52. The molecule has 1 fully saturated rings. The lowest BCUT2D eigenvalue weighted by Gasteiger charge is -2.27. The van der Waals surface area contributed by atoms with Gasteiger partial charge in [-0.25, -0.2) is 4.79 Å². The maximum absolute atomic E-state index is 13.3. The Kier molecular flexibility index (Phi) is 5.72. The lowest BCUT2D eigenvalue weighted by atomic mass is 9.85. The van der Waals surface area contributed by atoms with E-state index in [0.717, 1.165) is 29.0 Å². The molecule has 4 amide bonds. The number of hydrogen-bond acceptors (Lipinski definition) is 4. The minimum atomic E-state index is -1.13. The highest BCUT2D eigenvalue weighted by atomic mass is 16.2. The number of aryl methyl sites for hydroxylation is 2. The summed E-state index contributed by atoms with van der Waals surface area (Å²) < 4.78 is 1.67. The maximum atomic E-state index is 13.3. The number of hydrogen-bond donors (Lipinski definition) is 2. The van der Waals surface area contributed by atoms with Crippen molar-refractivity contribution in [3.63, 3.8) is 0 Å². The minimum absolute atomic E-state index is 0.348. The van der Waals surface area contributed by atoms with E-state index in [0.29, 0.717) is 17.8 Å². The van der Waals surface area contributed by atoms with Gasteiger partial charge in [-0.2, -0.15) is 5.10 Å². The summed E-state index contributed by atoms with van der Waals surface area (Å²) in [6, 6.07) is 8.66. The van der Waals surface area contributed by atoms with Crippen LogP contribution in [0.3, 0.4) is 0 Å². The number of amides is 4. The zero-order valence-electron chi connectivity index (χ0n) is 17.3. The highest BCUT2D eigenvalue weighted by molar-refractivity contribution is 6.10. The molecular weight excluding hydrogens is 370 g/mol. The second kappa shape index (κ2) is 8.06. The molecule has 3 rings (SSSR count).